The highest BCUT2D eigenvalue weighted by Crippen LogP contribution is 2.38. The van der Waals surface area contributed by atoms with Crippen molar-refractivity contribution in [3.8, 4) is 0 Å². The number of benzene rings is 1. The van der Waals surface area contributed by atoms with E-state index in [4.69, 9.17) is 0 Å². The summed E-state index contributed by atoms with van der Waals surface area (Å²) in [6, 6.07) is 8.46. The van der Waals surface area contributed by atoms with E-state index < -0.39 is 0 Å². The zero-order chi connectivity index (χ0) is 11.8. The first-order chi connectivity index (χ1) is 8.26. The lowest BCUT2D eigenvalue weighted by atomic mass is 9.96. The first-order valence-electron chi connectivity index (χ1n) is 6.34. The Bertz CT molecular complexity index is 555. The molecular weight excluding hydrogens is 210 g/mol. The zero-order valence-corrected chi connectivity index (χ0v) is 10.1. The van der Waals surface area contributed by atoms with Crippen LogP contribution in [0.3, 0.4) is 0 Å². The van der Waals surface area contributed by atoms with Crippen LogP contribution in [0.2, 0.25) is 0 Å². The van der Waals surface area contributed by atoms with E-state index in [0.717, 1.165) is 23.1 Å². The van der Waals surface area contributed by atoms with Gasteiger partial charge in [-0.15, -0.1) is 0 Å². The minimum Gasteiger partial charge on any atom is -0.352 e. The summed E-state index contributed by atoms with van der Waals surface area (Å²) in [7, 11) is 0. The van der Waals surface area contributed by atoms with E-state index in [1.807, 2.05) is 6.07 Å². The summed E-state index contributed by atoms with van der Waals surface area (Å²) in [6.07, 6.45) is 4.81. The van der Waals surface area contributed by atoms with Crippen molar-refractivity contribution in [3.63, 3.8) is 0 Å². The maximum atomic E-state index is 10.7. The zero-order valence-electron chi connectivity index (χ0n) is 10.1. The SMILES string of the molecule is CC1CCC(c2ccc3cc(C=O)[nH]c3c2)C1. The summed E-state index contributed by atoms with van der Waals surface area (Å²) in [4.78, 5) is 13.9. The van der Waals surface area contributed by atoms with Gasteiger partial charge < -0.3 is 4.98 Å². The van der Waals surface area contributed by atoms with Gasteiger partial charge in [-0.25, -0.2) is 0 Å². The topological polar surface area (TPSA) is 32.9 Å². The molecule has 1 aliphatic rings. The van der Waals surface area contributed by atoms with Gasteiger partial charge in [0.2, 0.25) is 0 Å². The van der Waals surface area contributed by atoms with Crippen molar-refractivity contribution >= 4 is 17.2 Å². The molecule has 1 aromatic carbocycles. The summed E-state index contributed by atoms with van der Waals surface area (Å²) in [5, 5.41) is 1.13. The van der Waals surface area contributed by atoms with Crippen LogP contribution < -0.4 is 0 Å². The second-order valence-electron chi connectivity index (χ2n) is 5.30. The molecule has 1 heterocycles. The molecule has 3 rings (SSSR count). The highest BCUT2D eigenvalue weighted by atomic mass is 16.1. The smallest absolute Gasteiger partial charge is 0.166 e. The van der Waals surface area contributed by atoms with E-state index >= 15 is 0 Å². The second-order valence-corrected chi connectivity index (χ2v) is 5.30. The number of rotatable bonds is 2. The lowest BCUT2D eigenvalue weighted by molar-refractivity contribution is 0.112. The number of aromatic nitrogens is 1. The van der Waals surface area contributed by atoms with Gasteiger partial charge in [-0.1, -0.05) is 25.5 Å². The first kappa shape index (κ1) is 10.6. The molecule has 0 spiro atoms. The second kappa shape index (κ2) is 4.02. The molecule has 17 heavy (non-hydrogen) atoms. The van der Waals surface area contributed by atoms with Crippen molar-refractivity contribution in [3.05, 3.63) is 35.5 Å². The maximum Gasteiger partial charge on any atom is 0.166 e. The van der Waals surface area contributed by atoms with Crippen LogP contribution >= 0.6 is 0 Å². The standard InChI is InChI=1S/C15H17NO/c1-10-2-3-11(6-10)12-4-5-13-7-14(9-17)16-15(13)8-12/h4-5,7-11,16H,2-3,6H2,1H3. The predicted molar refractivity (Wildman–Crippen MR) is 69.4 cm³/mol. The van der Waals surface area contributed by atoms with Gasteiger partial charge >= 0.3 is 0 Å². The molecule has 1 aliphatic carbocycles. The molecule has 0 radical (unpaired) electrons. The fourth-order valence-electron chi connectivity index (χ4n) is 2.99. The Balaban J connectivity index is 1.98. The molecule has 1 saturated carbocycles. The maximum absolute atomic E-state index is 10.7. The molecule has 0 bridgehead atoms. The van der Waals surface area contributed by atoms with Crippen LogP contribution in [0.4, 0.5) is 0 Å². The van der Waals surface area contributed by atoms with E-state index in [-0.39, 0.29) is 0 Å². The van der Waals surface area contributed by atoms with Gasteiger partial charge in [0.25, 0.3) is 0 Å². The normalized spacial score (nSPS) is 24.3. The highest BCUT2D eigenvalue weighted by molar-refractivity contribution is 5.88. The Morgan fingerprint density at radius 2 is 2.18 bits per heavy atom. The molecule has 0 saturated heterocycles. The molecule has 2 heteroatoms. The number of H-pyrrole nitrogens is 1. The number of carbonyl (C=O) groups is 1. The van der Waals surface area contributed by atoms with Gasteiger partial charge in [0, 0.05) is 10.9 Å². The summed E-state index contributed by atoms with van der Waals surface area (Å²) in [5.74, 6) is 1.56. The van der Waals surface area contributed by atoms with Gasteiger partial charge in [0.15, 0.2) is 6.29 Å². The molecule has 1 N–H and O–H groups in total. The molecule has 1 fully saturated rings. The van der Waals surface area contributed by atoms with Crippen LogP contribution in [-0.4, -0.2) is 11.3 Å². The predicted octanol–water partition coefficient (Wildman–Crippen LogP) is 3.88. The van der Waals surface area contributed by atoms with E-state index in [1.54, 1.807) is 0 Å². The number of aromatic amines is 1. The quantitative estimate of drug-likeness (QED) is 0.776. The third-order valence-electron chi connectivity index (χ3n) is 3.96. The summed E-state index contributed by atoms with van der Waals surface area (Å²) >= 11 is 0. The van der Waals surface area contributed by atoms with E-state index in [2.05, 4.69) is 30.1 Å². The van der Waals surface area contributed by atoms with Gasteiger partial charge in [0.1, 0.15) is 0 Å². The van der Waals surface area contributed by atoms with Gasteiger partial charge in [-0.3, -0.25) is 4.79 Å². The van der Waals surface area contributed by atoms with Crippen molar-refractivity contribution in [2.75, 3.05) is 0 Å². The van der Waals surface area contributed by atoms with Crippen molar-refractivity contribution in [2.24, 2.45) is 5.92 Å². The highest BCUT2D eigenvalue weighted by Gasteiger charge is 2.22. The number of nitrogens with one attached hydrogen (secondary N) is 1. The molecular formula is C15H17NO. The summed E-state index contributed by atoms with van der Waals surface area (Å²) < 4.78 is 0. The van der Waals surface area contributed by atoms with E-state index in [1.165, 1.54) is 24.8 Å². The Morgan fingerprint density at radius 3 is 2.88 bits per heavy atom. The summed E-state index contributed by atoms with van der Waals surface area (Å²) in [5.41, 5.74) is 3.17. The Kier molecular flexibility index (Phi) is 2.50. The Morgan fingerprint density at radius 1 is 1.29 bits per heavy atom. The fourth-order valence-corrected chi connectivity index (χ4v) is 2.99. The van der Waals surface area contributed by atoms with Gasteiger partial charge in [0.05, 0.1) is 5.69 Å². The molecule has 0 aliphatic heterocycles. The van der Waals surface area contributed by atoms with E-state index in [0.29, 0.717) is 11.6 Å². The summed E-state index contributed by atoms with van der Waals surface area (Å²) in [6.45, 7) is 2.33. The monoisotopic (exact) mass is 227 g/mol. The molecule has 2 aromatic rings. The van der Waals surface area contributed by atoms with Gasteiger partial charge in [-0.05, 0) is 42.4 Å². The lowest BCUT2D eigenvalue weighted by Gasteiger charge is -2.09. The molecule has 1 aromatic heterocycles. The van der Waals surface area contributed by atoms with E-state index in [9.17, 15) is 4.79 Å². The molecule has 88 valence electrons. The van der Waals surface area contributed by atoms with Crippen LogP contribution in [0.25, 0.3) is 10.9 Å². The third kappa shape index (κ3) is 1.88. The minimum atomic E-state index is 0.664. The number of hydrogen-bond donors (Lipinski definition) is 1. The van der Waals surface area contributed by atoms with Crippen LogP contribution in [-0.2, 0) is 0 Å². The fraction of sp³-hybridized carbons (Fsp3) is 0.400. The van der Waals surface area contributed by atoms with Crippen LogP contribution in [0.5, 0.6) is 0 Å². The Labute approximate surface area is 101 Å². The van der Waals surface area contributed by atoms with Crippen molar-refractivity contribution in [1.82, 2.24) is 4.98 Å². The van der Waals surface area contributed by atoms with Crippen molar-refractivity contribution < 1.29 is 4.79 Å². The third-order valence-corrected chi connectivity index (χ3v) is 3.96. The number of fused-ring (bicyclic) bond motifs is 1. The number of carbonyl (C=O) groups excluding carboxylic acids is 1. The number of aldehydes is 1. The van der Waals surface area contributed by atoms with Gasteiger partial charge in [-0.2, -0.15) is 0 Å². The Hall–Kier alpha value is -1.57. The lowest BCUT2D eigenvalue weighted by Crippen LogP contribution is -1.93. The minimum absolute atomic E-state index is 0.664. The molecule has 2 unspecified atom stereocenters. The van der Waals surface area contributed by atoms with Crippen LogP contribution in [0, 0.1) is 5.92 Å². The van der Waals surface area contributed by atoms with Crippen molar-refractivity contribution in [1.29, 1.82) is 0 Å². The largest absolute Gasteiger partial charge is 0.352 e. The van der Waals surface area contributed by atoms with Crippen LogP contribution in [0.15, 0.2) is 24.3 Å². The molecule has 2 nitrogen and oxygen atoms in total. The van der Waals surface area contributed by atoms with Crippen molar-refractivity contribution in [2.45, 2.75) is 32.1 Å². The van der Waals surface area contributed by atoms with Crippen LogP contribution in [0.1, 0.15) is 48.2 Å². The molecule has 0 amide bonds. The average Bonchev–Trinajstić information content (AvgIpc) is 2.93. The molecule has 2 atom stereocenters. The average molecular weight is 227 g/mol. The number of hydrogen-bond acceptors (Lipinski definition) is 1. The first-order valence-corrected chi connectivity index (χ1v) is 6.34.